The molecule has 0 aliphatic heterocycles. The van der Waals surface area contributed by atoms with Crippen LogP contribution in [0.2, 0.25) is 10.0 Å². The first-order valence-electron chi connectivity index (χ1n) is 5.51. The lowest BCUT2D eigenvalue weighted by atomic mass is 10.1. The molecule has 0 amide bonds. The van der Waals surface area contributed by atoms with E-state index in [9.17, 15) is 5.11 Å². The molecule has 0 aliphatic carbocycles. The lowest BCUT2D eigenvalue weighted by molar-refractivity contribution is 0.469. The molecule has 2 rings (SSSR count). The number of hydrogen-bond acceptors (Lipinski definition) is 3. The Bertz CT molecular complexity index is 630. The molecule has 3 nitrogen and oxygen atoms in total. The normalized spacial score (nSPS) is 9.95. The average Bonchev–Trinajstić information content (AvgIpc) is 2.40. The molecule has 2 N–H and O–H groups in total. The predicted octanol–water partition coefficient (Wildman–Crippen LogP) is 4.18. The van der Waals surface area contributed by atoms with Crippen LogP contribution in [-0.2, 0) is 6.54 Å². The number of anilines is 1. The first-order chi connectivity index (χ1) is 9.11. The largest absolute Gasteiger partial charge is 0.508 e. The van der Waals surface area contributed by atoms with Crippen LogP contribution in [0, 0.1) is 11.3 Å². The van der Waals surface area contributed by atoms with E-state index >= 15 is 0 Å². The molecule has 0 saturated carbocycles. The third kappa shape index (κ3) is 3.11. The number of nitrogens with zero attached hydrogens (tertiary/aromatic N) is 1. The number of nitriles is 1. The first kappa shape index (κ1) is 13.5. The zero-order valence-corrected chi connectivity index (χ0v) is 11.3. The van der Waals surface area contributed by atoms with Crippen LogP contribution < -0.4 is 5.32 Å². The SMILES string of the molecule is N#Cc1ccc(Cl)c(NCc2c(O)cccc2Cl)c1. The molecule has 0 spiro atoms. The summed E-state index contributed by atoms with van der Waals surface area (Å²) < 4.78 is 0. The summed E-state index contributed by atoms with van der Waals surface area (Å²) in [7, 11) is 0. The van der Waals surface area contributed by atoms with Crippen LogP contribution in [-0.4, -0.2) is 5.11 Å². The molecular weight excluding hydrogens is 283 g/mol. The summed E-state index contributed by atoms with van der Waals surface area (Å²) in [5, 5.41) is 22.6. The molecular formula is C14H10Cl2N2O. The van der Waals surface area contributed by atoms with Gasteiger partial charge in [-0.25, -0.2) is 0 Å². The standard InChI is InChI=1S/C14H10Cl2N2O/c15-11-2-1-3-14(19)10(11)8-18-13-6-9(7-17)4-5-12(13)16/h1-6,18-19H,8H2. The molecule has 2 aromatic carbocycles. The van der Waals surface area contributed by atoms with E-state index in [4.69, 9.17) is 28.5 Å². The van der Waals surface area contributed by atoms with Gasteiger partial charge in [0.15, 0.2) is 0 Å². The highest BCUT2D eigenvalue weighted by molar-refractivity contribution is 6.33. The molecule has 0 bridgehead atoms. The number of hydrogen-bond donors (Lipinski definition) is 2. The molecule has 5 heteroatoms. The maximum atomic E-state index is 9.73. The van der Waals surface area contributed by atoms with E-state index in [1.54, 1.807) is 36.4 Å². The molecule has 0 saturated heterocycles. The van der Waals surface area contributed by atoms with E-state index < -0.39 is 0 Å². The highest BCUT2D eigenvalue weighted by Gasteiger charge is 2.07. The van der Waals surface area contributed by atoms with E-state index in [1.807, 2.05) is 6.07 Å². The Labute approximate surface area is 121 Å². The van der Waals surface area contributed by atoms with Crippen molar-refractivity contribution >= 4 is 28.9 Å². The minimum absolute atomic E-state index is 0.118. The molecule has 0 aliphatic rings. The molecule has 0 atom stereocenters. The summed E-state index contributed by atoms with van der Waals surface area (Å²) >= 11 is 12.0. The van der Waals surface area contributed by atoms with E-state index in [2.05, 4.69) is 5.32 Å². The number of benzene rings is 2. The van der Waals surface area contributed by atoms with Gasteiger partial charge in [0.2, 0.25) is 0 Å². The van der Waals surface area contributed by atoms with Crippen molar-refractivity contribution in [2.45, 2.75) is 6.54 Å². The maximum absolute atomic E-state index is 9.73. The number of aromatic hydroxyl groups is 1. The Balaban J connectivity index is 2.22. The van der Waals surface area contributed by atoms with Gasteiger partial charge in [-0.1, -0.05) is 29.3 Å². The van der Waals surface area contributed by atoms with E-state index in [0.29, 0.717) is 33.4 Å². The van der Waals surface area contributed by atoms with Gasteiger partial charge in [-0.15, -0.1) is 0 Å². The van der Waals surface area contributed by atoms with Gasteiger partial charge < -0.3 is 10.4 Å². The molecule has 96 valence electrons. The number of halogens is 2. The molecule has 0 fully saturated rings. The van der Waals surface area contributed by atoms with Gasteiger partial charge in [-0.05, 0) is 30.3 Å². The number of nitrogens with one attached hydrogen (secondary N) is 1. The topological polar surface area (TPSA) is 56.0 Å². The van der Waals surface area contributed by atoms with Crippen LogP contribution >= 0.6 is 23.2 Å². The van der Waals surface area contributed by atoms with Crippen LogP contribution in [0.1, 0.15) is 11.1 Å². The van der Waals surface area contributed by atoms with Gasteiger partial charge >= 0.3 is 0 Å². The lowest BCUT2D eigenvalue weighted by Crippen LogP contribution is -2.01. The fourth-order valence-corrected chi connectivity index (χ4v) is 2.06. The van der Waals surface area contributed by atoms with Crippen molar-refractivity contribution in [2.24, 2.45) is 0 Å². The van der Waals surface area contributed by atoms with Gasteiger partial charge in [0.1, 0.15) is 5.75 Å². The van der Waals surface area contributed by atoms with E-state index in [0.717, 1.165) is 0 Å². The molecule has 19 heavy (non-hydrogen) atoms. The monoisotopic (exact) mass is 292 g/mol. The van der Waals surface area contributed by atoms with Gasteiger partial charge in [0, 0.05) is 17.1 Å². The quantitative estimate of drug-likeness (QED) is 0.892. The maximum Gasteiger partial charge on any atom is 0.122 e. The highest BCUT2D eigenvalue weighted by Crippen LogP contribution is 2.28. The second kappa shape index (κ2) is 5.83. The van der Waals surface area contributed by atoms with Gasteiger partial charge in [-0.2, -0.15) is 5.26 Å². The number of phenols is 1. The van der Waals surface area contributed by atoms with Crippen LogP contribution in [0.15, 0.2) is 36.4 Å². The van der Waals surface area contributed by atoms with E-state index in [-0.39, 0.29) is 5.75 Å². The summed E-state index contributed by atoms with van der Waals surface area (Å²) in [6, 6.07) is 11.9. The number of rotatable bonds is 3. The Kier molecular flexibility index (Phi) is 4.16. The zero-order valence-electron chi connectivity index (χ0n) is 9.82. The van der Waals surface area contributed by atoms with Crippen LogP contribution in [0.3, 0.4) is 0 Å². The minimum Gasteiger partial charge on any atom is -0.508 e. The lowest BCUT2D eigenvalue weighted by Gasteiger charge is -2.11. The predicted molar refractivity (Wildman–Crippen MR) is 76.6 cm³/mol. The summed E-state index contributed by atoms with van der Waals surface area (Å²) in [4.78, 5) is 0. The fourth-order valence-electron chi connectivity index (χ4n) is 1.64. The molecule has 0 aromatic heterocycles. The number of phenolic OH excluding ortho intramolecular Hbond substituents is 1. The third-order valence-corrected chi connectivity index (χ3v) is 3.33. The Morgan fingerprint density at radius 1 is 1.16 bits per heavy atom. The van der Waals surface area contributed by atoms with Crippen LogP contribution in [0.5, 0.6) is 5.75 Å². The molecule has 2 aromatic rings. The third-order valence-electron chi connectivity index (χ3n) is 2.65. The van der Waals surface area contributed by atoms with Crippen molar-refractivity contribution in [1.82, 2.24) is 0 Å². The summed E-state index contributed by atoms with van der Waals surface area (Å²) in [6.07, 6.45) is 0. The van der Waals surface area contributed by atoms with Crippen molar-refractivity contribution in [3.8, 4) is 11.8 Å². The average molecular weight is 293 g/mol. The second-order valence-corrected chi connectivity index (χ2v) is 4.71. The van der Waals surface area contributed by atoms with Crippen molar-refractivity contribution in [1.29, 1.82) is 5.26 Å². The summed E-state index contributed by atoms with van der Waals surface area (Å²) in [6.45, 7) is 0.320. The molecule has 0 heterocycles. The van der Waals surface area contributed by atoms with Gasteiger partial charge in [0.05, 0.1) is 22.3 Å². The van der Waals surface area contributed by atoms with Crippen molar-refractivity contribution in [2.75, 3.05) is 5.32 Å². The van der Waals surface area contributed by atoms with Gasteiger partial charge in [0.25, 0.3) is 0 Å². The minimum atomic E-state index is 0.118. The van der Waals surface area contributed by atoms with Crippen molar-refractivity contribution in [3.63, 3.8) is 0 Å². The molecule has 0 unspecified atom stereocenters. The zero-order chi connectivity index (χ0) is 13.8. The van der Waals surface area contributed by atoms with Crippen LogP contribution in [0.25, 0.3) is 0 Å². The van der Waals surface area contributed by atoms with Crippen molar-refractivity contribution in [3.05, 3.63) is 57.6 Å². The molecule has 0 radical (unpaired) electrons. The van der Waals surface area contributed by atoms with Gasteiger partial charge in [-0.3, -0.25) is 0 Å². The highest BCUT2D eigenvalue weighted by atomic mass is 35.5. The Morgan fingerprint density at radius 2 is 1.95 bits per heavy atom. The van der Waals surface area contributed by atoms with Crippen molar-refractivity contribution < 1.29 is 5.11 Å². The summed E-state index contributed by atoms with van der Waals surface area (Å²) in [5.41, 5.74) is 1.72. The van der Waals surface area contributed by atoms with E-state index in [1.165, 1.54) is 0 Å². The first-order valence-corrected chi connectivity index (χ1v) is 6.27. The Morgan fingerprint density at radius 3 is 2.63 bits per heavy atom. The second-order valence-electron chi connectivity index (χ2n) is 3.90. The fraction of sp³-hybridized carbons (Fsp3) is 0.0714. The summed E-state index contributed by atoms with van der Waals surface area (Å²) in [5.74, 6) is 0.118. The van der Waals surface area contributed by atoms with Crippen LogP contribution in [0.4, 0.5) is 5.69 Å². The Hall–Kier alpha value is -1.89. The smallest absolute Gasteiger partial charge is 0.122 e.